The van der Waals surface area contributed by atoms with Gasteiger partial charge < -0.3 is 15.5 Å². The fourth-order valence-electron chi connectivity index (χ4n) is 2.34. The number of nitrogens with one attached hydrogen (secondary N) is 1. The summed E-state index contributed by atoms with van der Waals surface area (Å²) in [5, 5.41) is 23.0. The lowest BCUT2D eigenvalue weighted by atomic mass is 9.62. The zero-order valence-electron chi connectivity index (χ0n) is 9.71. The number of carbonyl (C=O) groups is 1. The molecule has 88 valence electrons. The van der Waals surface area contributed by atoms with Crippen molar-refractivity contribution in [3.05, 3.63) is 0 Å². The van der Waals surface area contributed by atoms with Crippen molar-refractivity contribution in [1.82, 2.24) is 5.32 Å². The largest absolute Gasteiger partial charge is 0.481 e. The smallest absolute Gasteiger partial charge is 0.312 e. The van der Waals surface area contributed by atoms with Gasteiger partial charge in [0.05, 0.1) is 11.0 Å². The number of hydrogen-bond acceptors (Lipinski definition) is 3. The molecule has 0 bridgehead atoms. The molecule has 1 saturated heterocycles. The zero-order valence-corrected chi connectivity index (χ0v) is 9.71. The highest BCUT2D eigenvalue weighted by Crippen LogP contribution is 2.43. The first-order valence-corrected chi connectivity index (χ1v) is 5.51. The molecule has 0 aliphatic carbocycles. The molecule has 0 aromatic carbocycles. The summed E-state index contributed by atoms with van der Waals surface area (Å²) < 4.78 is 0. The van der Waals surface area contributed by atoms with Crippen LogP contribution < -0.4 is 5.32 Å². The summed E-state index contributed by atoms with van der Waals surface area (Å²) in [7, 11) is 0. The maximum absolute atomic E-state index is 11.4. The molecular weight excluding hydrogens is 194 g/mol. The van der Waals surface area contributed by atoms with Crippen molar-refractivity contribution in [3.8, 4) is 0 Å². The van der Waals surface area contributed by atoms with Crippen molar-refractivity contribution in [2.24, 2.45) is 11.3 Å². The third-order valence-corrected chi connectivity index (χ3v) is 4.00. The van der Waals surface area contributed by atoms with E-state index in [1.807, 2.05) is 13.8 Å². The fraction of sp³-hybridized carbons (Fsp3) is 0.909. The summed E-state index contributed by atoms with van der Waals surface area (Å²) in [5.74, 6) is -0.986. The predicted molar refractivity (Wildman–Crippen MR) is 57.6 cm³/mol. The van der Waals surface area contributed by atoms with E-state index in [1.54, 1.807) is 6.92 Å². The Morgan fingerprint density at radius 1 is 1.40 bits per heavy atom. The molecule has 4 nitrogen and oxygen atoms in total. The fourth-order valence-corrected chi connectivity index (χ4v) is 2.34. The number of piperidine rings is 1. The van der Waals surface area contributed by atoms with Crippen molar-refractivity contribution in [2.45, 2.75) is 39.2 Å². The van der Waals surface area contributed by atoms with Crippen LogP contribution in [-0.4, -0.2) is 34.9 Å². The van der Waals surface area contributed by atoms with Gasteiger partial charge >= 0.3 is 5.97 Å². The average Bonchev–Trinajstić information content (AvgIpc) is 2.16. The Morgan fingerprint density at radius 3 is 2.20 bits per heavy atom. The minimum atomic E-state index is -1.09. The van der Waals surface area contributed by atoms with E-state index in [-0.39, 0.29) is 5.92 Å². The SMILES string of the molecule is CC(C)C(C)(C(=O)O)C1(O)CCNCC1. The van der Waals surface area contributed by atoms with Crippen LogP contribution >= 0.6 is 0 Å². The van der Waals surface area contributed by atoms with Crippen molar-refractivity contribution >= 4 is 5.97 Å². The Labute approximate surface area is 90.7 Å². The summed E-state index contributed by atoms with van der Waals surface area (Å²) in [5.41, 5.74) is -2.15. The number of carboxylic acid groups (broad SMARTS) is 1. The van der Waals surface area contributed by atoms with E-state index in [1.165, 1.54) is 0 Å². The Morgan fingerprint density at radius 2 is 1.87 bits per heavy atom. The summed E-state index contributed by atoms with van der Waals surface area (Å²) in [6.45, 7) is 6.74. The van der Waals surface area contributed by atoms with Gasteiger partial charge in [-0.1, -0.05) is 13.8 Å². The highest BCUT2D eigenvalue weighted by Gasteiger charge is 2.54. The lowest BCUT2D eigenvalue weighted by Gasteiger charge is -2.47. The standard InChI is InChI=1S/C11H21NO3/c1-8(2)10(3,9(13)14)11(15)4-6-12-7-5-11/h8,12,15H,4-7H2,1-3H3,(H,13,14). The lowest BCUT2D eigenvalue weighted by Crippen LogP contribution is -2.58. The van der Waals surface area contributed by atoms with Gasteiger partial charge in [0.15, 0.2) is 0 Å². The van der Waals surface area contributed by atoms with Gasteiger partial charge in [-0.3, -0.25) is 4.79 Å². The molecule has 1 heterocycles. The summed E-state index contributed by atoms with van der Waals surface area (Å²) in [4.78, 5) is 11.4. The van der Waals surface area contributed by atoms with Crippen LogP contribution in [0.4, 0.5) is 0 Å². The van der Waals surface area contributed by atoms with Crippen LogP contribution in [-0.2, 0) is 4.79 Å². The molecule has 0 spiro atoms. The van der Waals surface area contributed by atoms with Gasteiger partial charge in [0.25, 0.3) is 0 Å². The van der Waals surface area contributed by atoms with Gasteiger partial charge in [0.2, 0.25) is 0 Å². The molecule has 0 radical (unpaired) electrons. The van der Waals surface area contributed by atoms with Crippen LogP contribution in [0.1, 0.15) is 33.6 Å². The van der Waals surface area contributed by atoms with Crippen molar-refractivity contribution < 1.29 is 15.0 Å². The zero-order chi connectivity index (χ0) is 11.7. The minimum Gasteiger partial charge on any atom is -0.481 e. The van der Waals surface area contributed by atoms with Gasteiger partial charge in [-0.05, 0) is 38.8 Å². The third kappa shape index (κ3) is 1.88. The molecule has 1 aliphatic heterocycles. The number of rotatable bonds is 3. The van der Waals surface area contributed by atoms with E-state index >= 15 is 0 Å². The lowest BCUT2D eigenvalue weighted by molar-refractivity contribution is -0.178. The van der Waals surface area contributed by atoms with E-state index in [9.17, 15) is 15.0 Å². The van der Waals surface area contributed by atoms with Gasteiger partial charge in [0.1, 0.15) is 0 Å². The third-order valence-electron chi connectivity index (χ3n) is 4.00. The van der Waals surface area contributed by atoms with E-state index in [4.69, 9.17) is 0 Å². The second-order valence-corrected chi connectivity index (χ2v) is 4.94. The van der Waals surface area contributed by atoms with Gasteiger partial charge in [-0.15, -0.1) is 0 Å². The summed E-state index contributed by atoms with van der Waals surface area (Å²) in [6, 6.07) is 0. The first-order valence-electron chi connectivity index (χ1n) is 5.51. The molecule has 15 heavy (non-hydrogen) atoms. The predicted octanol–water partition coefficient (Wildman–Crippen LogP) is 0.848. The maximum atomic E-state index is 11.4. The van der Waals surface area contributed by atoms with Gasteiger partial charge in [-0.25, -0.2) is 0 Å². The molecule has 1 aliphatic rings. The van der Waals surface area contributed by atoms with Crippen LogP contribution in [0.2, 0.25) is 0 Å². The van der Waals surface area contributed by atoms with Crippen LogP contribution in [0, 0.1) is 11.3 Å². The summed E-state index contributed by atoms with van der Waals surface area (Å²) >= 11 is 0. The molecule has 0 aromatic heterocycles. The van der Waals surface area contributed by atoms with E-state index < -0.39 is 17.0 Å². The Balaban J connectivity index is 3.02. The monoisotopic (exact) mass is 215 g/mol. The topological polar surface area (TPSA) is 69.6 Å². The maximum Gasteiger partial charge on any atom is 0.312 e. The Kier molecular flexibility index (Phi) is 3.41. The van der Waals surface area contributed by atoms with E-state index in [2.05, 4.69) is 5.32 Å². The molecule has 1 fully saturated rings. The van der Waals surface area contributed by atoms with Crippen molar-refractivity contribution in [2.75, 3.05) is 13.1 Å². The molecular formula is C11H21NO3. The number of aliphatic carboxylic acids is 1. The Hall–Kier alpha value is -0.610. The molecule has 4 heteroatoms. The van der Waals surface area contributed by atoms with E-state index in [0.717, 1.165) is 0 Å². The highest BCUT2D eigenvalue weighted by atomic mass is 16.4. The first kappa shape index (κ1) is 12.5. The molecule has 0 saturated carbocycles. The van der Waals surface area contributed by atoms with Crippen molar-refractivity contribution in [3.63, 3.8) is 0 Å². The highest BCUT2D eigenvalue weighted by molar-refractivity contribution is 5.76. The molecule has 1 unspecified atom stereocenters. The van der Waals surface area contributed by atoms with Gasteiger partial charge in [-0.2, -0.15) is 0 Å². The van der Waals surface area contributed by atoms with Crippen LogP contribution in [0.3, 0.4) is 0 Å². The second kappa shape index (κ2) is 4.10. The second-order valence-electron chi connectivity index (χ2n) is 4.94. The molecule has 1 rings (SSSR count). The summed E-state index contributed by atoms with van der Waals surface area (Å²) in [6.07, 6.45) is 1.02. The van der Waals surface area contributed by atoms with Crippen LogP contribution in [0.15, 0.2) is 0 Å². The molecule has 3 N–H and O–H groups in total. The number of aliphatic hydroxyl groups is 1. The molecule has 1 atom stereocenters. The first-order chi connectivity index (χ1) is 6.84. The average molecular weight is 215 g/mol. The number of carboxylic acids is 1. The van der Waals surface area contributed by atoms with Crippen molar-refractivity contribution in [1.29, 1.82) is 0 Å². The van der Waals surface area contributed by atoms with E-state index in [0.29, 0.717) is 25.9 Å². The number of hydrogen-bond donors (Lipinski definition) is 3. The van der Waals surface area contributed by atoms with Crippen LogP contribution in [0.5, 0.6) is 0 Å². The Bertz CT molecular complexity index is 246. The quantitative estimate of drug-likeness (QED) is 0.652. The molecule has 0 amide bonds. The minimum absolute atomic E-state index is 0.0851. The molecule has 0 aromatic rings. The van der Waals surface area contributed by atoms with Crippen LogP contribution in [0.25, 0.3) is 0 Å². The normalized spacial score (nSPS) is 24.9. The van der Waals surface area contributed by atoms with Gasteiger partial charge in [0, 0.05) is 0 Å².